The second kappa shape index (κ2) is 11.6. The van der Waals surface area contributed by atoms with Gasteiger partial charge in [0, 0.05) is 6.26 Å². The van der Waals surface area contributed by atoms with Gasteiger partial charge in [-0.15, -0.1) is 0 Å². The molecule has 58 valence electrons. The predicted octanol–water partition coefficient (Wildman–Crippen LogP) is -7.87. The Labute approximate surface area is 110 Å². The molecule has 0 aliphatic carbocycles. The molecule has 0 aromatic rings. The largest absolute Gasteiger partial charge is 1.00 e. The molecule has 0 amide bonds. The minimum atomic E-state index is -5.19. The number of nitrogens with zero attached hydrogens (tertiary/aromatic N) is 1. The van der Waals surface area contributed by atoms with Gasteiger partial charge in [0.1, 0.15) is 5.97 Å². The number of carboxylic acids is 1. The van der Waals surface area contributed by atoms with E-state index < -0.39 is 12.1 Å². The van der Waals surface area contributed by atoms with Gasteiger partial charge in [0.15, 0.2) is 0 Å². The fourth-order valence-electron chi connectivity index (χ4n) is 0. The third-order valence-electron chi connectivity index (χ3n) is 0.231. The number of hydrogen-bond acceptors (Lipinski definition) is 4. The van der Waals surface area contributed by atoms with E-state index in [-0.39, 0.29) is 59.1 Å². The first-order chi connectivity index (χ1) is 4.36. The first kappa shape index (κ1) is 22.9. The molecule has 0 aromatic carbocycles. The molecule has 0 aliphatic heterocycles. The van der Waals surface area contributed by atoms with Gasteiger partial charge in [-0.25, -0.2) is 5.26 Å². The molecule has 0 spiro atoms. The summed E-state index contributed by atoms with van der Waals surface area (Å²) < 4.78 is 31.5. The Bertz CT molecular complexity index is 154. The van der Waals surface area contributed by atoms with Crippen molar-refractivity contribution in [3.63, 3.8) is 0 Å². The number of aliphatic carboxylic acids is 1. The summed E-state index contributed by atoms with van der Waals surface area (Å²) in [7, 11) is 0. The van der Waals surface area contributed by atoms with Crippen molar-refractivity contribution in [2.45, 2.75) is 6.18 Å². The molecule has 0 rings (SSSR count). The zero-order valence-electron chi connectivity index (χ0n) is 6.31. The van der Waals surface area contributed by atoms with Crippen LogP contribution in [0.1, 0.15) is 0 Å². The second-order valence-electron chi connectivity index (χ2n) is 0.877. The molecule has 0 bridgehead atoms. The second-order valence-corrected chi connectivity index (χ2v) is 0.877. The van der Waals surface area contributed by atoms with Crippen molar-refractivity contribution < 1.29 is 87.3 Å². The fourth-order valence-corrected chi connectivity index (χ4v) is 0. The summed E-state index contributed by atoms with van der Waals surface area (Å²) >= 11 is 0. The van der Waals surface area contributed by atoms with Gasteiger partial charge in [0.05, 0.1) is 0 Å². The number of hydrogen-bond donors (Lipinski definition) is 0. The van der Waals surface area contributed by atoms with Crippen LogP contribution in [0, 0.1) is 11.5 Å². The van der Waals surface area contributed by atoms with Crippen LogP contribution in [0.4, 0.5) is 13.2 Å². The maximum atomic E-state index is 10.5. The van der Waals surface area contributed by atoms with Gasteiger partial charge in [-0.3, -0.25) is 0 Å². The third kappa shape index (κ3) is 22.4. The number of rotatable bonds is 0. The van der Waals surface area contributed by atoms with Crippen molar-refractivity contribution in [2.75, 3.05) is 0 Å². The summed E-state index contributed by atoms with van der Waals surface area (Å²) in [6, 6.07) is 0. The molecule has 0 N–H and O–H groups in total. The summed E-state index contributed by atoms with van der Waals surface area (Å²) in [6.45, 7) is 0. The molecule has 9 heteroatoms. The maximum Gasteiger partial charge on any atom is 1.00 e. The van der Waals surface area contributed by atoms with E-state index in [0.717, 1.165) is 0 Å². The number of alkyl halides is 3. The number of halogens is 3. The summed E-state index contributed by atoms with van der Waals surface area (Å²) in [4.78, 5) is 8.78. The molecule has 0 atom stereocenters. The van der Waals surface area contributed by atoms with Crippen molar-refractivity contribution >= 4 is 5.97 Å². The van der Waals surface area contributed by atoms with Crippen molar-refractivity contribution in [1.82, 2.24) is 0 Å². The van der Waals surface area contributed by atoms with E-state index in [1.807, 2.05) is 0 Å². The van der Waals surface area contributed by atoms with E-state index in [1.54, 1.807) is 0 Å². The number of nitriles is 1. The van der Waals surface area contributed by atoms with Gasteiger partial charge < -0.3 is 15.0 Å². The quantitative estimate of drug-likeness (QED) is 0.287. The minimum absolute atomic E-state index is 0. The third-order valence-corrected chi connectivity index (χ3v) is 0.231. The molecule has 0 fully saturated rings. The summed E-state index contributed by atoms with van der Waals surface area (Å²) in [5.41, 5.74) is 0. The van der Waals surface area contributed by atoms with Crippen molar-refractivity contribution in [3.05, 3.63) is 0 Å². The number of carbonyl (C=O) groups excluding carboxylic acids is 1. The van der Waals surface area contributed by atoms with Gasteiger partial charge >= 0.3 is 65.3 Å². The minimum Gasteiger partial charge on any atom is -0.812 e. The topological polar surface area (TPSA) is 87.0 Å². The van der Waals surface area contributed by atoms with Crippen LogP contribution < -0.4 is 69.3 Å². The van der Waals surface area contributed by atoms with E-state index in [4.69, 9.17) is 20.3 Å². The summed E-state index contributed by atoms with van der Waals surface area (Å²) in [5, 5.41) is 23.8. The van der Waals surface area contributed by atoms with Gasteiger partial charge in [0.2, 0.25) is 0 Å². The summed E-state index contributed by atoms with van der Waals surface area (Å²) in [5.74, 6) is -3.01. The zero-order valence-corrected chi connectivity index (χ0v) is 10.3. The van der Waals surface area contributed by atoms with Crippen LogP contribution >= 0.6 is 0 Å². The average molecular weight is 201 g/mol. The van der Waals surface area contributed by atoms with E-state index in [1.165, 1.54) is 0 Å². The molecule has 4 nitrogen and oxygen atoms in total. The Morgan fingerprint density at radius 1 is 1.33 bits per heavy atom. The number of carbonyl (C=O) groups is 1. The molecule has 0 saturated carbocycles. The molecular formula is C3F3NNa2O3. The van der Waals surface area contributed by atoms with Gasteiger partial charge in [-0.1, -0.05) is 0 Å². The Morgan fingerprint density at radius 2 is 1.42 bits per heavy atom. The molecular weight excluding hydrogens is 201 g/mol. The van der Waals surface area contributed by atoms with Crippen molar-refractivity contribution in [1.29, 1.82) is 5.26 Å². The van der Waals surface area contributed by atoms with Gasteiger partial charge in [-0.2, -0.15) is 13.2 Å². The van der Waals surface area contributed by atoms with Gasteiger partial charge in [-0.05, 0) is 0 Å². The Kier molecular flexibility index (Phi) is 22.0. The Hall–Kier alpha value is 0.550. The van der Waals surface area contributed by atoms with Crippen LogP contribution in [0.3, 0.4) is 0 Å². The van der Waals surface area contributed by atoms with E-state index in [9.17, 15) is 13.2 Å². The molecule has 0 heterocycles. The zero-order chi connectivity index (χ0) is 8.78. The monoisotopic (exact) mass is 201 g/mol. The van der Waals surface area contributed by atoms with Crippen LogP contribution in [-0.2, 0) is 4.79 Å². The molecule has 0 aromatic heterocycles. The van der Waals surface area contributed by atoms with Gasteiger partial charge in [0.25, 0.3) is 0 Å². The van der Waals surface area contributed by atoms with Crippen LogP contribution in [0.25, 0.3) is 0 Å². The SMILES string of the molecule is N#C[O-].O=C([O-])C(F)(F)F.[Na+].[Na+]. The molecule has 0 radical (unpaired) electrons. The predicted molar refractivity (Wildman–Crippen MR) is 16.7 cm³/mol. The standard InChI is InChI=1S/C2HF3O2.CHNO.2Na/c3-2(4,5)1(6)7;2-1-3;;/h(H,6,7);3H;;/q;;2*+1/p-2. The van der Waals surface area contributed by atoms with E-state index >= 15 is 0 Å². The molecule has 12 heavy (non-hydrogen) atoms. The average Bonchev–Trinajstić information content (AvgIpc) is 1.64. The smallest absolute Gasteiger partial charge is 0.812 e. The molecule has 0 unspecified atom stereocenters. The molecule has 0 aliphatic rings. The van der Waals surface area contributed by atoms with Crippen LogP contribution in [0.15, 0.2) is 0 Å². The molecule has 0 saturated heterocycles. The van der Waals surface area contributed by atoms with E-state index in [0.29, 0.717) is 6.26 Å². The maximum absolute atomic E-state index is 10.5. The Morgan fingerprint density at radius 3 is 1.42 bits per heavy atom. The van der Waals surface area contributed by atoms with Crippen LogP contribution in [0.5, 0.6) is 0 Å². The number of carboxylic acid groups (broad SMARTS) is 1. The first-order valence-electron chi connectivity index (χ1n) is 1.65. The van der Waals surface area contributed by atoms with Crippen LogP contribution in [0.2, 0.25) is 0 Å². The Balaban J connectivity index is -0.0000000569. The summed E-state index contributed by atoms with van der Waals surface area (Å²) in [6.07, 6.45) is -4.69. The van der Waals surface area contributed by atoms with Crippen molar-refractivity contribution in [3.8, 4) is 6.26 Å². The van der Waals surface area contributed by atoms with Crippen LogP contribution in [-0.4, -0.2) is 12.1 Å². The van der Waals surface area contributed by atoms with Crippen molar-refractivity contribution in [2.24, 2.45) is 0 Å². The first-order valence-corrected chi connectivity index (χ1v) is 1.65. The normalized spacial score (nSPS) is 7.17. The fraction of sp³-hybridized carbons (Fsp3) is 0.333. The van der Waals surface area contributed by atoms with E-state index in [2.05, 4.69) is 0 Å².